The normalized spacial score (nSPS) is 16.5. The third-order valence-electron chi connectivity index (χ3n) is 4.04. The molecule has 1 heterocycles. The maximum Gasteiger partial charge on any atom is 0.124 e. The Bertz CT molecular complexity index is 658. The molecule has 0 amide bonds. The maximum atomic E-state index is 6.13. The molecule has 3 rings (SSSR count). The highest BCUT2D eigenvalue weighted by molar-refractivity contribution is 6.30. The second-order valence-electron chi connectivity index (χ2n) is 5.93. The third-order valence-corrected chi connectivity index (χ3v) is 4.53. The fourth-order valence-corrected chi connectivity index (χ4v) is 3.06. The van der Waals surface area contributed by atoms with Crippen LogP contribution in [0.2, 0.25) is 10.0 Å². The molecule has 2 aromatic carbocycles. The summed E-state index contributed by atoms with van der Waals surface area (Å²) >= 11 is 12.0. The van der Waals surface area contributed by atoms with Gasteiger partial charge in [0.25, 0.3) is 0 Å². The molecule has 25 heavy (non-hydrogen) atoms. The van der Waals surface area contributed by atoms with Crippen LogP contribution < -0.4 is 10.1 Å². The van der Waals surface area contributed by atoms with Gasteiger partial charge in [-0.1, -0.05) is 35.3 Å². The van der Waals surface area contributed by atoms with Gasteiger partial charge in [-0.25, -0.2) is 0 Å². The average Bonchev–Trinajstić information content (AvgIpc) is 3.09. The summed E-state index contributed by atoms with van der Waals surface area (Å²) in [6.45, 7) is 2.93. The molecule has 1 atom stereocenters. The van der Waals surface area contributed by atoms with Crippen molar-refractivity contribution in [3.8, 4) is 5.75 Å². The van der Waals surface area contributed by atoms with Crippen LogP contribution in [0.3, 0.4) is 0 Å². The second-order valence-corrected chi connectivity index (χ2v) is 6.81. The van der Waals surface area contributed by atoms with E-state index in [-0.39, 0.29) is 12.4 Å². The van der Waals surface area contributed by atoms with Crippen molar-refractivity contribution in [3.63, 3.8) is 0 Å². The van der Waals surface area contributed by atoms with Crippen molar-refractivity contribution in [1.82, 2.24) is 5.32 Å². The number of rotatable bonds is 7. The number of halogens is 3. The van der Waals surface area contributed by atoms with Gasteiger partial charge in [-0.2, -0.15) is 0 Å². The molecule has 0 spiro atoms. The first-order valence-corrected chi connectivity index (χ1v) is 8.94. The fraction of sp³-hybridized carbons (Fsp3) is 0.368. The van der Waals surface area contributed by atoms with Gasteiger partial charge >= 0.3 is 0 Å². The van der Waals surface area contributed by atoms with E-state index in [1.54, 1.807) is 0 Å². The van der Waals surface area contributed by atoms with Crippen molar-refractivity contribution in [3.05, 3.63) is 63.6 Å². The minimum atomic E-state index is 0. The lowest BCUT2D eigenvalue weighted by Crippen LogP contribution is -2.26. The van der Waals surface area contributed by atoms with Gasteiger partial charge < -0.3 is 14.8 Å². The predicted octanol–water partition coefficient (Wildman–Crippen LogP) is 5.26. The van der Waals surface area contributed by atoms with E-state index in [2.05, 4.69) is 5.32 Å². The Morgan fingerprint density at radius 1 is 1.08 bits per heavy atom. The van der Waals surface area contributed by atoms with Crippen molar-refractivity contribution >= 4 is 35.6 Å². The summed E-state index contributed by atoms with van der Waals surface area (Å²) in [7, 11) is 0. The molecule has 0 radical (unpaired) electrons. The Hall–Kier alpha value is -0.970. The molecule has 1 saturated heterocycles. The van der Waals surface area contributed by atoms with Gasteiger partial charge in [0.1, 0.15) is 12.4 Å². The number of hydrogen-bond acceptors (Lipinski definition) is 3. The van der Waals surface area contributed by atoms with Crippen LogP contribution in [0.4, 0.5) is 0 Å². The molecule has 1 aliphatic heterocycles. The van der Waals surface area contributed by atoms with Gasteiger partial charge in [-0.05, 0) is 48.7 Å². The molecule has 136 valence electrons. The Morgan fingerprint density at radius 2 is 1.84 bits per heavy atom. The van der Waals surface area contributed by atoms with Gasteiger partial charge in [0, 0.05) is 35.3 Å². The Balaban J connectivity index is 0.00000225. The molecule has 0 aliphatic carbocycles. The standard InChI is InChI=1S/C19H21Cl2NO2.ClH/c20-16-5-3-14(4-6-16)13-24-19-8-7-17(21)10-15(19)11-22-12-18-2-1-9-23-18;/h3-8,10,18,22H,1-2,9,11-13H2;1H. The van der Waals surface area contributed by atoms with Crippen LogP contribution in [0, 0.1) is 0 Å². The highest BCUT2D eigenvalue weighted by atomic mass is 35.5. The summed E-state index contributed by atoms with van der Waals surface area (Å²) in [5.74, 6) is 0.842. The van der Waals surface area contributed by atoms with E-state index in [0.717, 1.165) is 47.9 Å². The first-order chi connectivity index (χ1) is 11.7. The molecular formula is C19H22Cl3NO2. The number of benzene rings is 2. The van der Waals surface area contributed by atoms with Crippen LogP contribution in [-0.2, 0) is 17.9 Å². The Morgan fingerprint density at radius 3 is 2.56 bits per heavy atom. The van der Waals surface area contributed by atoms with E-state index in [1.165, 1.54) is 0 Å². The van der Waals surface area contributed by atoms with Crippen molar-refractivity contribution < 1.29 is 9.47 Å². The minimum Gasteiger partial charge on any atom is -0.489 e. The van der Waals surface area contributed by atoms with Crippen LogP contribution >= 0.6 is 35.6 Å². The molecule has 1 aliphatic rings. The predicted molar refractivity (Wildman–Crippen MR) is 105 cm³/mol. The van der Waals surface area contributed by atoms with E-state index in [1.807, 2.05) is 42.5 Å². The molecule has 0 saturated carbocycles. The van der Waals surface area contributed by atoms with Crippen molar-refractivity contribution in [2.75, 3.05) is 13.2 Å². The first-order valence-electron chi connectivity index (χ1n) is 8.19. The van der Waals surface area contributed by atoms with Gasteiger partial charge in [0.2, 0.25) is 0 Å². The smallest absolute Gasteiger partial charge is 0.124 e. The SMILES string of the molecule is Cl.Clc1ccc(COc2ccc(Cl)cc2CNCC2CCCO2)cc1. The van der Waals surface area contributed by atoms with Crippen molar-refractivity contribution in [1.29, 1.82) is 0 Å². The molecule has 0 bridgehead atoms. The minimum absolute atomic E-state index is 0. The molecule has 0 aromatic heterocycles. The summed E-state index contributed by atoms with van der Waals surface area (Å²) in [6.07, 6.45) is 2.60. The van der Waals surface area contributed by atoms with Gasteiger partial charge in [0.05, 0.1) is 6.10 Å². The Kier molecular flexibility index (Phi) is 8.34. The zero-order valence-electron chi connectivity index (χ0n) is 13.8. The molecule has 1 fully saturated rings. The van der Waals surface area contributed by atoms with Gasteiger partial charge in [0.15, 0.2) is 0 Å². The zero-order chi connectivity index (χ0) is 16.8. The summed E-state index contributed by atoms with van der Waals surface area (Å²) in [6, 6.07) is 13.4. The largest absolute Gasteiger partial charge is 0.489 e. The van der Waals surface area contributed by atoms with Crippen LogP contribution in [0.25, 0.3) is 0 Å². The second kappa shape index (κ2) is 10.2. The summed E-state index contributed by atoms with van der Waals surface area (Å²) in [4.78, 5) is 0. The molecule has 3 nitrogen and oxygen atoms in total. The molecule has 2 aromatic rings. The van der Waals surface area contributed by atoms with E-state index in [9.17, 15) is 0 Å². The van der Waals surface area contributed by atoms with Gasteiger partial charge in [-0.15, -0.1) is 12.4 Å². The van der Waals surface area contributed by atoms with E-state index in [0.29, 0.717) is 24.3 Å². The molecule has 6 heteroatoms. The molecular weight excluding hydrogens is 381 g/mol. The monoisotopic (exact) mass is 401 g/mol. The highest BCUT2D eigenvalue weighted by Gasteiger charge is 2.15. The highest BCUT2D eigenvalue weighted by Crippen LogP contribution is 2.24. The average molecular weight is 403 g/mol. The molecule has 1 unspecified atom stereocenters. The first kappa shape index (κ1) is 20.3. The molecule has 1 N–H and O–H groups in total. The van der Waals surface area contributed by atoms with Crippen LogP contribution in [0.5, 0.6) is 5.75 Å². The number of nitrogens with one attached hydrogen (secondary N) is 1. The summed E-state index contributed by atoms with van der Waals surface area (Å²) in [5.41, 5.74) is 2.13. The topological polar surface area (TPSA) is 30.5 Å². The van der Waals surface area contributed by atoms with Crippen LogP contribution in [0.1, 0.15) is 24.0 Å². The van der Waals surface area contributed by atoms with Gasteiger partial charge in [-0.3, -0.25) is 0 Å². The number of hydrogen-bond donors (Lipinski definition) is 1. The van der Waals surface area contributed by atoms with E-state index >= 15 is 0 Å². The van der Waals surface area contributed by atoms with Crippen LogP contribution in [-0.4, -0.2) is 19.3 Å². The fourth-order valence-electron chi connectivity index (χ4n) is 2.74. The lowest BCUT2D eigenvalue weighted by molar-refractivity contribution is 0.110. The van der Waals surface area contributed by atoms with Crippen LogP contribution in [0.15, 0.2) is 42.5 Å². The van der Waals surface area contributed by atoms with Crippen molar-refractivity contribution in [2.45, 2.75) is 32.1 Å². The maximum absolute atomic E-state index is 6.13. The summed E-state index contributed by atoms with van der Waals surface area (Å²) in [5, 5.41) is 4.87. The lowest BCUT2D eigenvalue weighted by Gasteiger charge is -2.15. The van der Waals surface area contributed by atoms with E-state index in [4.69, 9.17) is 32.7 Å². The lowest BCUT2D eigenvalue weighted by atomic mass is 10.2. The summed E-state index contributed by atoms with van der Waals surface area (Å²) < 4.78 is 11.6. The Labute approximate surface area is 165 Å². The quantitative estimate of drug-likeness (QED) is 0.685. The number of ether oxygens (including phenoxy) is 2. The zero-order valence-corrected chi connectivity index (χ0v) is 16.2. The van der Waals surface area contributed by atoms with E-state index < -0.39 is 0 Å². The third kappa shape index (κ3) is 6.36. The van der Waals surface area contributed by atoms with Crippen molar-refractivity contribution in [2.24, 2.45) is 0 Å².